The van der Waals surface area contributed by atoms with Gasteiger partial charge in [-0.25, -0.2) is 4.39 Å². The zero-order valence-corrected chi connectivity index (χ0v) is 15.8. The molecule has 3 aromatic rings. The van der Waals surface area contributed by atoms with Crippen LogP contribution >= 0.6 is 0 Å². The standard InChI is InChI=1S/C24H24FNO2/c1-18(20-10-6-3-7-11-20)26(17-19-8-4-2-5-9-19)23(16-24(27)28)21-12-14-22(25)15-13-21/h2-15,18,23H,16-17H2,1H3,(H,27,28)/t18-,23?/m0/s1. The number of rotatable bonds is 8. The highest BCUT2D eigenvalue weighted by molar-refractivity contribution is 5.68. The number of carbonyl (C=O) groups is 1. The highest BCUT2D eigenvalue weighted by Gasteiger charge is 2.28. The summed E-state index contributed by atoms with van der Waals surface area (Å²) in [7, 11) is 0. The molecule has 0 bridgehead atoms. The lowest BCUT2D eigenvalue weighted by atomic mass is 9.96. The minimum Gasteiger partial charge on any atom is -0.481 e. The first kappa shape index (κ1) is 19.8. The number of halogens is 1. The van der Waals surface area contributed by atoms with Crippen LogP contribution in [0.2, 0.25) is 0 Å². The van der Waals surface area contributed by atoms with Gasteiger partial charge >= 0.3 is 5.97 Å². The van der Waals surface area contributed by atoms with Crippen LogP contribution in [0, 0.1) is 5.82 Å². The van der Waals surface area contributed by atoms with E-state index in [2.05, 4.69) is 11.8 Å². The summed E-state index contributed by atoms with van der Waals surface area (Å²) in [5.74, 6) is -1.21. The minimum absolute atomic E-state index is 0.0178. The maximum Gasteiger partial charge on any atom is 0.305 e. The van der Waals surface area contributed by atoms with Gasteiger partial charge in [0.25, 0.3) is 0 Å². The SMILES string of the molecule is C[C@@H](c1ccccc1)N(Cc1ccccc1)C(CC(=O)O)c1ccc(F)cc1. The van der Waals surface area contributed by atoms with Gasteiger partial charge in [0.2, 0.25) is 0 Å². The van der Waals surface area contributed by atoms with Gasteiger partial charge in [-0.1, -0.05) is 72.8 Å². The van der Waals surface area contributed by atoms with Crippen molar-refractivity contribution in [2.75, 3.05) is 0 Å². The molecule has 0 aliphatic carbocycles. The molecule has 144 valence electrons. The molecule has 0 heterocycles. The van der Waals surface area contributed by atoms with E-state index in [4.69, 9.17) is 0 Å². The van der Waals surface area contributed by atoms with Crippen molar-refractivity contribution >= 4 is 5.97 Å². The van der Waals surface area contributed by atoms with E-state index in [0.717, 1.165) is 16.7 Å². The second-order valence-electron chi connectivity index (χ2n) is 6.91. The Morgan fingerprint density at radius 2 is 1.46 bits per heavy atom. The predicted octanol–water partition coefficient (Wildman–Crippen LogP) is 5.60. The van der Waals surface area contributed by atoms with Crippen LogP contribution in [-0.4, -0.2) is 16.0 Å². The molecule has 0 saturated carbocycles. The first-order chi connectivity index (χ1) is 13.5. The second-order valence-corrected chi connectivity index (χ2v) is 6.91. The number of carboxylic acids is 1. The lowest BCUT2D eigenvalue weighted by molar-refractivity contribution is -0.138. The molecule has 0 aromatic heterocycles. The van der Waals surface area contributed by atoms with Crippen molar-refractivity contribution in [3.05, 3.63) is 107 Å². The molecule has 0 aliphatic rings. The van der Waals surface area contributed by atoms with Gasteiger partial charge in [0.05, 0.1) is 6.42 Å². The van der Waals surface area contributed by atoms with E-state index in [-0.39, 0.29) is 24.3 Å². The Bertz CT molecular complexity index is 881. The summed E-state index contributed by atoms with van der Waals surface area (Å²) in [6.07, 6.45) is -0.0599. The fourth-order valence-electron chi connectivity index (χ4n) is 3.51. The number of hydrogen-bond donors (Lipinski definition) is 1. The summed E-state index contributed by atoms with van der Waals surface area (Å²) in [4.78, 5) is 13.8. The van der Waals surface area contributed by atoms with E-state index < -0.39 is 5.97 Å². The highest BCUT2D eigenvalue weighted by atomic mass is 19.1. The third-order valence-corrected chi connectivity index (χ3v) is 5.01. The summed E-state index contributed by atoms with van der Waals surface area (Å²) in [5.41, 5.74) is 3.00. The van der Waals surface area contributed by atoms with E-state index >= 15 is 0 Å². The maximum atomic E-state index is 13.5. The van der Waals surface area contributed by atoms with Crippen molar-refractivity contribution in [1.82, 2.24) is 4.90 Å². The smallest absolute Gasteiger partial charge is 0.305 e. The van der Waals surface area contributed by atoms with E-state index in [1.54, 1.807) is 12.1 Å². The van der Waals surface area contributed by atoms with Gasteiger partial charge < -0.3 is 5.11 Å². The average Bonchev–Trinajstić information content (AvgIpc) is 2.72. The van der Waals surface area contributed by atoms with Gasteiger partial charge in [0, 0.05) is 18.6 Å². The highest BCUT2D eigenvalue weighted by Crippen LogP contribution is 2.34. The summed E-state index contributed by atoms with van der Waals surface area (Å²) < 4.78 is 13.5. The molecule has 2 atom stereocenters. The average molecular weight is 377 g/mol. The summed E-state index contributed by atoms with van der Waals surface area (Å²) in [6.45, 7) is 2.67. The molecule has 3 aromatic carbocycles. The molecule has 3 nitrogen and oxygen atoms in total. The van der Waals surface area contributed by atoms with Gasteiger partial charge in [-0.15, -0.1) is 0 Å². The van der Waals surface area contributed by atoms with Crippen LogP contribution < -0.4 is 0 Å². The number of nitrogens with zero attached hydrogens (tertiary/aromatic N) is 1. The van der Waals surface area contributed by atoms with Gasteiger partial charge in [-0.05, 0) is 35.7 Å². The zero-order valence-electron chi connectivity index (χ0n) is 15.8. The monoisotopic (exact) mass is 377 g/mol. The normalized spacial score (nSPS) is 13.2. The molecule has 1 unspecified atom stereocenters. The Hall–Kier alpha value is -2.98. The molecule has 0 spiro atoms. The molecule has 0 saturated heterocycles. The first-order valence-electron chi connectivity index (χ1n) is 9.36. The Balaban J connectivity index is 2.02. The molecule has 0 aliphatic heterocycles. The lowest BCUT2D eigenvalue weighted by Crippen LogP contribution is -2.32. The fraction of sp³-hybridized carbons (Fsp3) is 0.208. The van der Waals surface area contributed by atoms with Crippen LogP contribution in [-0.2, 0) is 11.3 Å². The zero-order chi connectivity index (χ0) is 19.9. The van der Waals surface area contributed by atoms with Gasteiger partial charge in [-0.3, -0.25) is 9.69 Å². The maximum absolute atomic E-state index is 13.5. The summed E-state index contributed by atoms with van der Waals surface area (Å²) in [5, 5.41) is 9.57. The van der Waals surface area contributed by atoms with Crippen molar-refractivity contribution in [3.8, 4) is 0 Å². The van der Waals surface area contributed by atoms with E-state index in [9.17, 15) is 14.3 Å². The van der Waals surface area contributed by atoms with Gasteiger partial charge in [0.1, 0.15) is 5.82 Å². The molecule has 0 amide bonds. The van der Waals surface area contributed by atoms with Crippen LogP contribution in [0.4, 0.5) is 4.39 Å². The second kappa shape index (κ2) is 9.29. The predicted molar refractivity (Wildman–Crippen MR) is 108 cm³/mol. The van der Waals surface area contributed by atoms with Crippen molar-refractivity contribution in [3.63, 3.8) is 0 Å². The Kier molecular flexibility index (Phi) is 6.56. The summed E-state index contributed by atoms with van der Waals surface area (Å²) in [6, 6.07) is 25.7. The molecule has 0 fully saturated rings. The molecule has 28 heavy (non-hydrogen) atoms. The van der Waals surface area contributed by atoms with Crippen LogP contribution in [0.3, 0.4) is 0 Å². The molecular weight excluding hydrogens is 353 g/mol. The third-order valence-electron chi connectivity index (χ3n) is 5.01. The van der Waals surface area contributed by atoms with E-state index in [1.807, 2.05) is 60.7 Å². The third kappa shape index (κ3) is 5.05. The fourth-order valence-corrected chi connectivity index (χ4v) is 3.51. The number of aliphatic carboxylic acids is 1. The summed E-state index contributed by atoms with van der Waals surface area (Å²) >= 11 is 0. The Labute approximate surface area is 165 Å². The van der Waals surface area contributed by atoms with E-state index in [1.165, 1.54) is 12.1 Å². The number of hydrogen-bond acceptors (Lipinski definition) is 2. The molecular formula is C24H24FNO2. The number of carboxylic acid groups (broad SMARTS) is 1. The largest absolute Gasteiger partial charge is 0.481 e. The van der Waals surface area contributed by atoms with Crippen LogP contribution in [0.1, 0.15) is 42.1 Å². The van der Waals surface area contributed by atoms with Crippen molar-refractivity contribution in [1.29, 1.82) is 0 Å². The van der Waals surface area contributed by atoms with E-state index in [0.29, 0.717) is 6.54 Å². The quantitative estimate of drug-likeness (QED) is 0.555. The molecule has 3 rings (SSSR count). The Morgan fingerprint density at radius 1 is 0.893 bits per heavy atom. The van der Waals surface area contributed by atoms with Crippen molar-refractivity contribution in [2.45, 2.75) is 32.0 Å². The van der Waals surface area contributed by atoms with Crippen molar-refractivity contribution < 1.29 is 14.3 Å². The van der Waals surface area contributed by atoms with Gasteiger partial charge in [-0.2, -0.15) is 0 Å². The van der Waals surface area contributed by atoms with Gasteiger partial charge in [0.15, 0.2) is 0 Å². The lowest BCUT2D eigenvalue weighted by Gasteiger charge is -2.36. The number of benzene rings is 3. The first-order valence-corrected chi connectivity index (χ1v) is 9.36. The minimum atomic E-state index is -0.882. The topological polar surface area (TPSA) is 40.5 Å². The molecule has 0 radical (unpaired) electrons. The Morgan fingerprint density at radius 3 is 2.04 bits per heavy atom. The van der Waals surface area contributed by atoms with Crippen molar-refractivity contribution in [2.24, 2.45) is 0 Å². The van der Waals surface area contributed by atoms with Crippen LogP contribution in [0.5, 0.6) is 0 Å². The molecule has 4 heteroatoms. The van der Waals surface area contributed by atoms with Crippen LogP contribution in [0.15, 0.2) is 84.9 Å². The van der Waals surface area contributed by atoms with Crippen LogP contribution in [0.25, 0.3) is 0 Å². The molecule has 1 N–H and O–H groups in total.